The van der Waals surface area contributed by atoms with Crippen LogP contribution < -0.4 is 11.1 Å². The third-order valence-corrected chi connectivity index (χ3v) is 4.64. The van der Waals surface area contributed by atoms with Gasteiger partial charge in [0.05, 0.1) is 36.7 Å². The van der Waals surface area contributed by atoms with Gasteiger partial charge in [0.1, 0.15) is 5.56 Å². The molecule has 1 aliphatic rings. The zero-order valence-corrected chi connectivity index (χ0v) is 15.9. The fraction of sp³-hybridized carbons (Fsp3) is 0.500. The highest BCUT2D eigenvalue weighted by atomic mass is 16.5. The first kappa shape index (κ1) is 19.4. The first-order valence-corrected chi connectivity index (χ1v) is 9.59. The van der Waals surface area contributed by atoms with Gasteiger partial charge in [-0.25, -0.2) is 4.79 Å². The Morgan fingerprint density at radius 2 is 2.19 bits per heavy atom. The number of esters is 1. The second-order valence-electron chi connectivity index (χ2n) is 6.66. The van der Waals surface area contributed by atoms with E-state index in [0.29, 0.717) is 23.4 Å². The molecule has 0 aliphatic carbocycles. The number of nitrogens with two attached hydrogens (primary N) is 1. The number of benzene rings is 1. The third-order valence-electron chi connectivity index (χ3n) is 4.64. The van der Waals surface area contributed by atoms with E-state index in [2.05, 4.69) is 15.2 Å². The molecular weight excluding hydrogens is 344 g/mol. The molecule has 7 heteroatoms. The quantitative estimate of drug-likeness (QED) is 0.418. The molecule has 0 atom stereocenters. The van der Waals surface area contributed by atoms with Gasteiger partial charge < -0.3 is 20.5 Å². The van der Waals surface area contributed by atoms with Crippen molar-refractivity contribution in [3.63, 3.8) is 0 Å². The number of para-hydroxylation sites is 1. The number of anilines is 2. The van der Waals surface area contributed by atoms with Crippen LogP contribution in [0.2, 0.25) is 0 Å². The zero-order valence-electron chi connectivity index (χ0n) is 15.9. The van der Waals surface area contributed by atoms with Crippen molar-refractivity contribution in [3.05, 3.63) is 30.0 Å². The van der Waals surface area contributed by atoms with Gasteiger partial charge >= 0.3 is 5.97 Å². The van der Waals surface area contributed by atoms with Gasteiger partial charge in [0.25, 0.3) is 0 Å². The number of ether oxygens (including phenoxy) is 2. The highest BCUT2D eigenvalue weighted by Crippen LogP contribution is 2.29. The lowest BCUT2D eigenvalue weighted by atomic mass is 10.1. The van der Waals surface area contributed by atoms with Crippen LogP contribution in [-0.2, 0) is 9.47 Å². The minimum Gasteiger partial charge on any atom is -0.462 e. The van der Waals surface area contributed by atoms with Gasteiger partial charge in [0.15, 0.2) is 0 Å². The first-order valence-electron chi connectivity index (χ1n) is 9.59. The Balaban J connectivity index is 1.75. The van der Waals surface area contributed by atoms with Crippen LogP contribution in [0.25, 0.3) is 10.9 Å². The predicted octanol–water partition coefficient (Wildman–Crippen LogP) is 2.52. The van der Waals surface area contributed by atoms with Crippen LogP contribution in [0.3, 0.4) is 0 Å². The molecule has 2 heterocycles. The molecule has 7 nitrogen and oxygen atoms in total. The van der Waals surface area contributed by atoms with E-state index >= 15 is 0 Å². The molecule has 1 fully saturated rings. The van der Waals surface area contributed by atoms with E-state index in [0.717, 1.165) is 63.3 Å². The fourth-order valence-corrected chi connectivity index (χ4v) is 3.20. The maximum atomic E-state index is 12.5. The maximum Gasteiger partial charge on any atom is 0.341 e. The van der Waals surface area contributed by atoms with Crippen molar-refractivity contribution < 1.29 is 14.3 Å². The molecule has 0 bridgehead atoms. The van der Waals surface area contributed by atoms with Crippen molar-refractivity contribution in [3.8, 4) is 0 Å². The van der Waals surface area contributed by atoms with Gasteiger partial charge in [-0.15, -0.1) is 0 Å². The molecular formula is C20H28N4O3. The van der Waals surface area contributed by atoms with Crippen LogP contribution in [0.1, 0.15) is 30.1 Å². The molecule has 0 radical (unpaired) electrons. The number of morpholine rings is 1. The molecule has 27 heavy (non-hydrogen) atoms. The van der Waals surface area contributed by atoms with Crippen LogP contribution >= 0.6 is 0 Å². The Bertz CT molecular complexity index is 775. The van der Waals surface area contributed by atoms with E-state index in [4.69, 9.17) is 15.2 Å². The molecule has 1 aromatic carbocycles. The second-order valence-corrected chi connectivity index (χ2v) is 6.66. The van der Waals surface area contributed by atoms with E-state index < -0.39 is 0 Å². The molecule has 0 unspecified atom stereocenters. The molecule has 1 aliphatic heterocycles. The Morgan fingerprint density at radius 1 is 1.37 bits per heavy atom. The highest BCUT2D eigenvalue weighted by Gasteiger charge is 2.18. The molecule has 1 aromatic heterocycles. The van der Waals surface area contributed by atoms with Crippen LogP contribution in [0.5, 0.6) is 0 Å². The lowest BCUT2D eigenvalue weighted by Gasteiger charge is -2.26. The number of hydrogen-bond donors (Lipinski definition) is 2. The first-order chi connectivity index (χ1) is 13.2. The number of fused-ring (bicyclic) bond motifs is 1. The fourth-order valence-electron chi connectivity index (χ4n) is 3.20. The van der Waals surface area contributed by atoms with Gasteiger partial charge in [-0.3, -0.25) is 9.88 Å². The van der Waals surface area contributed by atoms with Gasteiger partial charge in [-0.05, 0) is 25.5 Å². The number of aromatic nitrogens is 1. The lowest BCUT2D eigenvalue weighted by Crippen LogP contribution is -2.37. The van der Waals surface area contributed by atoms with Crippen molar-refractivity contribution in [2.45, 2.75) is 19.8 Å². The summed E-state index contributed by atoms with van der Waals surface area (Å²) in [6.07, 6.45) is 3.30. The predicted molar refractivity (Wildman–Crippen MR) is 107 cm³/mol. The lowest BCUT2D eigenvalue weighted by molar-refractivity contribution is 0.0378. The van der Waals surface area contributed by atoms with E-state index in [1.165, 1.54) is 0 Å². The van der Waals surface area contributed by atoms with Crippen LogP contribution in [-0.4, -0.2) is 61.9 Å². The Kier molecular flexibility index (Phi) is 6.84. The number of rotatable bonds is 8. The summed E-state index contributed by atoms with van der Waals surface area (Å²) in [5.41, 5.74) is 8.55. The van der Waals surface area contributed by atoms with E-state index in [9.17, 15) is 4.79 Å². The standard InChI is InChI=1S/C20H28N4O3/c1-2-11-27-20(25)16-14-23-19-15(5-3-6-17(19)21)18(16)22-7-4-8-24-9-12-26-13-10-24/h3,5-6,14H,2,4,7-13,21H2,1H3,(H,22,23). The number of nitrogen functional groups attached to an aromatic ring is 1. The summed E-state index contributed by atoms with van der Waals surface area (Å²) in [6, 6.07) is 5.62. The van der Waals surface area contributed by atoms with E-state index in [-0.39, 0.29) is 5.97 Å². The molecule has 3 N–H and O–H groups in total. The minimum absolute atomic E-state index is 0.357. The summed E-state index contributed by atoms with van der Waals surface area (Å²) in [5.74, 6) is -0.357. The van der Waals surface area contributed by atoms with Gasteiger partial charge in [-0.2, -0.15) is 0 Å². The monoisotopic (exact) mass is 372 g/mol. The Labute approximate surface area is 159 Å². The molecule has 146 valence electrons. The zero-order chi connectivity index (χ0) is 19.1. The summed E-state index contributed by atoms with van der Waals surface area (Å²) in [5, 5.41) is 4.27. The average molecular weight is 372 g/mol. The van der Waals surface area contributed by atoms with E-state index in [1.807, 2.05) is 25.1 Å². The van der Waals surface area contributed by atoms with Crippen molar-refractivity contribution >= 4 is 28.2 Å². The number of pyridine rings is 1. The number of carbonyl (C=O) groups is 1. The summed E-state index contributed by atoms with van der Waals surface area (Å²) in [6.45, 7) is 7.66. The number of nitrogens with zero attached hydrogens (tertiary/aromatic N) is 2. The number of hydrogen-bond acceptors (Lipinski definition) is 7. The number of nitrogens with one attached hydrogen (secondary N) is 1. The van der Waals surface area contributed by atoms with Crippen LogP contribution in [0.15, 0.2) is 24.4 Å². The molecule has 0 saturated carbocycles. The van der Waals surface area contributed by atoms with Gasteiger partial charge in [0, 0.05) is 31.2 Å². The summed E-state index contributed by atoms with van der Waals surface area (Å²) < 4.78 is 10.7. The summed E-state index contributed by atoms with van der Waals surface area (Å²) >= 11 is 0. The van der Waals surface area contributed by atoms with Crippen LogP contribution in [0, 0.1) is 0 Å². The molecule has 2 aromatic rings. The maximum absolute atomic E-state index is 12.5. The van der Waals surface area contributed by atoms with Crippen molar-refractivity contribution in [1.29, 1.82) is 0 Å². The van der Waals surface area contributed by atoms with Crippen LogP contribution in [0.4, 0.5) is 11.4 Å². The number of carbonyl (C=O) groups excluding carboxylic acids is 1. The molecule has 0 amide bonds. The SMILES string of the molecule is CCCOC(=O)c1cnc2c(N)cccc2c1NCCCN1CCOCC1. The third kappa shape index (κ3) is 4.87. The topological polar surface area (TPSA) is 89.7 Å². The van der Waals surface area contributed by atoms with Crippen molar-refractivity contribution in [2.75, 3.05) is 57.1 Å². The van der Waals surface area contributed by atoms with Gasteiger partial charge in [-0.1, -0.05) is 19.1 Å². The Hall–Kier alpha value is -2.38. The normalized spacial score (nSPS) is 15.0. The molecule has 0 spiro atoms. The largest absolute Gasteiger partial charge is 0.462 e. The average Bonchev–Trinajstić information content (AvgIpc) is 2.70. The molecule has 3 rings (SSSR count). The van der Waals surface area contributed by atoms with Crippen molar-refractivity contribution in [2.24, 2.45) is 0 Å². The van der Waals surface area contributed by atoms with Crippen molar-refractivity contribution in [1.82, 2.24) is 9.88 Å². The second kappa shape index (κ2) is 9.53. The molecule has 1 saturated heterocycles. The highest BCUT2D eigenvalue weighted by molar-refractivity contribution is 6.07. The summed E-state index contributed by atoms with van der Waals surface area (Å²) in [4.78, 5) is 19.3. The summed E-state index contributed by atoms with van der Waals surface area (Å²) in [7, 11) is 0. The van der Waals surface area contributed by atoms with E-state index in [1.54, 1.807) is 6.20 Å². The smallest absolute Gasteiger partial charge is 0.341 e. The minimum atomic E-state index is -0.357. The Morgan fingerprint density at radius 3 is 2.96 bits per heavy atom. The van der Waals surface area contributed by atoms with Gasteiger partial charge in [0.2, 0.25) is 0 Å².